The average molecular weight is 378 g/mol. The van der Waals surface area contributed by atoms with E-state index in [9.17, 15) is 4.79 Å². The van der Waals surface area contributed by atoms with Gasteiger partial charge in [-0.1, -0.05) is 11.6 Å². The lowest BCUT2D eigenvalue weighted by Crippen LogP contribution is -2.52. The molecule has 2 aromatic heterocycles. The summed E-state index contributed by atoms with van der Waals surface area (Å²) in [5.74, 6) is 0.230. The Bertz CT molecular complexity index is 766. The van der Waals surface area contributed by atoms with Crippen molar-refractivity contribution in [1.82, 2.24) is 24.1 Å². The van der Waals surface area contributed by atoms with Gasteiger partial charge in [0, 0.05) is 58.2 Å². The number of halogens is 1. The number of morpholine rings is 1. The first kappa shape index (κ1) is 17.7. The molecule has 2 saturated heterocycles. The second kappa shape index (κ2) is 7.92. The van der Waals surface area contributed by atoms with Gasteiger partial charge < -0.3 is 14.0 Å². The number of carbonyl (C=O) groups excluding carboxylic acids is 1. The normalized spacial score (nSPS) is 20.0. The van der Waals surface area contributed by atoms with Crippen molar-refractivity contribution >= 4 is 23.2 Å². The van der Waals surface area contributed by atoms with E-state index >= 15 is 0 Å². The van der Waals surface area contributed by atoms with Crippen LogP contribution < -0.4 is 0 Å². The Morgan fingerprint density at radius 2 is 1.81 bits per heavy atom. The molecule has 0 aliphatic carbocycles. The van der Waals surface area contributed by atoms with Gasteiger partial charge in [0.25, 0.3) is 0 Å². The van der Waals surface area contributed by atoms with E-state index in [4.69, 9.17) is 16.3 Å². The number of ether oxygens (including phenoxy) is 1. The Labute approximate surface area is 158 Å². The smallest absolute Gasteiger partial charge is 0.236 e. The molecular weight excluding hydrogens is 354 g/mol. The Kier molecular flexibility index (Phi) is 5.40. The Hall–Kier alpha value is -1.67. The molecule has 0 bridgehead atoms. The van der Waals surface area contributed by atoms with Crippen LogP contribution in [-0.2, 0) is 16.1 Å². The largest absolute Gasteiger partial charge is 0.379 e. The molecule has 7 nitrogen and oxygen atoms in total. The number of carbonyl (C=O) groups is 1. The summed E-state index contributed by atoms with van der Waals surface area (Å²) in [5, 5.41) is 0.703. The molecule has 8 heteroatoms. The number of imidazole rings is 1. The van der Waals surface area contributed by atoms with Crippen molar-refractivity contribution in [2.45, 2.75) is 6.54 Å². The lowest BCUT2D eigenvalue weighted by atomic mass is 10.2. The SMILES string of the molecule is O=C(CN1CCOCC1)N1CCN(Cc2cn3cc(Cl)ccc3n2)CC1. The minimum Gasteiger partial charge on any atom is -0.379 e. The molecule has 0 radical (unpaired) electrons. The van der Waals surface area contributed by atoms with Crippen molar-refractivity contribution in [2.24, 2.45) is 0 Å². The molecule has 2 aliphatic rings. The molecule has 0 atom stereocenters. The predicted molar refractivity (Wildman–Crippen MR) is 99.3 cm³/mol. The summed E-state index contributed by atoms with van der Waals surface area (Å²) in [4.78, 5) is 23.6. The number of hydrogen-bond donors (Lipinski definition) is 0. The molecule has 4 rings (SSSR count). The number of fused-ring (bicyclic) bond motifs is 1. The highest BCUT2D eigenvalue weighted by Gasteiger charge is 2.23. The number of aromatic nitrogens is 2. The first-order valence-electron chi connectivity index (χ1n) is 9.11. The Balaban J connectivity index is 1.28. The fourth-order valence-corrected chi connectivity index (χ4v) is 3.70. The summed E-state index contributed by atoms with van der Waals surface area (Å²) in [6.07, 6.45) is 3.90. The molecule has 0 N–H and O–H groups in total. The summed E-state index contributed by atoms with van der Waals surface area (Å²) in [6, 6.07) is 3.78. The van der Waals surface area contributed by atoms with Crippen molar-refractivity contribution in [3.63, 3.8) is 0 Å². The van der Waals surface area contributed by atoms with Crippen LogP contribution in [0.3, 0.4) is 0 Å². The fourth-order valence-electron chi connectivity index (χ4n) is 3.53. The minimum absolute atomic E-state index is 0.230. The number of hydrogen-bond acceptors (Lipinski definition) is 5. The lowest BCUT2D eigenvalue weighted by Gasteiger charge is -2.36. The van der Waals surface area contributed by atoms with Crippen LogP contribution in [-0.4, -0.2) is 89.0 Å². The van der Waals surface area contributed by atoms with Crippen molar-refractivity contribution in [1.29, 1.82) is 0 Å². The second-order valence-corrected chi connectivity index (χ2v) is 7.33. The summed E-state index contributed by atoms with van der Waals surface area (Å²) in [6.45, 7) is 7.78. The standard InChI is InChI=1S/C18H24ClN5O2/c19-15-1-2-17-20-16(13-24(17)11-15)12-21-3-5-23(6-4-21)18(25)14-22-7-9-26-10-8-22/h1-2,11,13H,3-10,12,14H2. The van der Waals surface area contributed by atoms with Crippen molar-refractivity contribution in [2.75, 3.05) is 59.0 Å². The van der Waals surface area contributed by atoms with Gasteiger partial charge in [0.05, 0.1) is 30.5 Å². The molecule has 1 amide bonds. The van der Waals surface area contributed by atoms with E-state index in [1.807, 2.05) is 33.8 Å². The number of amides is 1. The molecule has 0 aromatic carbocycles. The topological polar surface area (TPSA) is 53.3 Å². The van der Waals surface area contributed by atoms with Crippen LogP contribution in [0, 0.1) is 0 Å². The van der Waals surface area contributed by atoms with Gasteiger partial charge in [0.1, 0.15) is 5.65 Å². The summed E-state index contributed by atoms with van der Waals surface area (Å²) < 4.78 is 7.30. The molecular formula is C18H24ClN5O2. The van der Waals surface area contributed by atoms with E-state index in [1.165, 1.54) is 0 Å². The van der Waals surface area contributed by atoms with Gasteiger partial charge in [-0.3, -0.25) is 14.6 Å². The molecule has 4 heterocycles. The first-order chi connectivity index (χ1) is 12.7. The average Bonchev–Trinajstić information content (AvgIpc) is 3.04. The van der Waals surface area contributed by atoms with Crippen LogP contribution in [0.5, 0.6) is 0 Å². The van der Waals surface area contributed by atoms with Gasteiger partial charge in [-0.05, 0) is 12.1 Å². The van der Waals surface area contributed by atoms with Crippen molar-refractivity contribution in [3.8, 4) is 0 Å². The highest BCUT2D eigenvalue weighted by Crippen LogP contribution is 2.14. The van der Waals surface area contributed by atoms with Gasteiger partial charge in [0.15, 0.2) is 0 Å². The number of nitrogens with zero attached hydrogens (tertiary/aromatic N) is 5. The van der Waals surface area contributed by atoms with E-state index in [0.29, 0.717) is 11.6 Å². The van der Waals surface area contributed by atoms with Crippen LogP contribution in [0.1, 0.15) is 5.69 Å². The monoisotopic (exact) mass is 377 g/mol. The zero-order valence-electron chi connectivity index (χ0n) is 14.8. The number of pyridine rings is 1. The number of rotatable bonds is 4. The van der Waals surface area contributed by atoms with E-state index in [0.717, 1.165) is 70.4 Å². The summed E-state index contributed by atoms with van der Waals surface area (Å²) in [5.41, 5.74) is 1.93. The molecule has 0 unspecified atom stereocenters. The third-order valence-electron chi connectivity index (χ3n) is 5.04. The fraction of sp³-hybridized carbons (Fsp3) is 0.556. The van der Waals surface area contributed by atoms with E-state index in [2.05, 4.69) is 14.8 Å². The zero-order valence-corrected chi connectivity index (χ0v) is 15.6. The van der Waals surface area contributed by atoms with Crippen molar-refractivity contribution < 1.29 is 9.53 Å². The summed E-state index contributed by atoms with van der Waals surface area (Å²) in [7, 11) is 0. The molecule has 140 valence electrons. The lowest BCUT2D eigenvalue weighted by molar-refractivity contribution is -0.135. The second-order valence-electron chi connectivity index (χ2n) is 6.89. The molecule has 26 heavy (non-hydrogen) atoms. The van der Waals surface area contributed by atoms with Crippen LogP contribution in [0.2, 0.25) is 5.02 Å². The maximum Gasteiger partial charge on any atom is 0.236 e. The van der Waals surface area contributed by atoms with Crippen LogP contribution in [0.25, 0.3) is 5.65 Å². The summed E-state index contributed by atoms with van der Waals surface area (Å²) >= 11 is 6.03. The molecule has 2 aliphatic heterocycles. The predicted octanol–water partition coefficient (Wildman–Crippen LogP) is 0.964. The van der Waals surface area contributed by atoms with Crippen LogP contribution in [0.15, 0.2) is 24.5 Å². The van der Waals surface area contributed by atoms with E-state index in [1.54, 1.807) is 0 Å². The van der Waals surface area contributed by atoms with Crippen LogP contribution >= 0.6 is 11.6 Å². The highest BCUT2D eigenvalue weighted by molar-refractivity contribution is 6.30. The quantitative estimate of drug-likeness (QED) is 0.794. The Morgan fingerprint density at radius 3 is 2.58 bits per heavy atom. The molecule has 2 fully saturated rings. The zero-order chi connectivity index (χ0) is 17.9. The third-order valence-corrected chi connectivity index (χ3v) is 5.26. The van der Waals surface area contributed by atoms with E-state index < -0.39 is 0 Å². The maximum atomic E-state index is 12.5. The van der Waals surface area contributed by atoms with E-state index in [-0.39, 0.29) is 5.91 Å². The minimum atomic E-state index is 0.230. The highest BCUT2D eigenvalue weighted by atomic mass is 35.5. The maximum absolute atomic E-state index is 12.5. The van der Waals surface area contributed by atoms with Crippen LogP contribution in [0.4, 0.5) is 0 Å². The Morgan fingerprint density at radius 1 is 1.04 bits per heavy atom. The van der Waals surface area contributed by atoms with Gasteiger partial charge in [0.2, 0.25) is 5.91 Å². The number of piperazine rings is 1. The van der Waals surface area contributed by atoms with Gasteiger partial charge >= 0.3 is 0 Å². The first-order valence-corrected chi connectivity index (χ1v) is 9.48. The molecule has 0 spiro atoms. The van der Waals surface area contributed by atoms with Crippen molar-refractivity contribution in [3.05, 3.63) is 35.2 Å². The van der Waals surface area contributed by atoms with Gasteiger partial charge in [-0.2, -0.15) is 0 Å². The third kappa shape index (κ3) is 4.17. The van der Waals surface area contributed by atoms with Gasteiger partial charge in [-0.15, -0.1) is 0 Å². The molecule has 2 aromatic rings. The molecule has 0 saturated carbocycles. The van der Waals surface area contributed by atoms with Gasteiger partial charge in [-0.25, -0.2) is 4.98 Å².